The monoisotopic (exact) mass is 315 g/mol. The highest BCUT2D eigenvalue weighted by molar-refractivity contribution is 7.89. The number of benzene rings is 1. The van der Waals surface area contributed by atoms with Crippen LogP contribution in [0.5, 0.6) is 0 Å². The minimum absolute atomic E-state index is 0.00183. The van der Waals surface area contributed by atoms with E-state index in [9.17, 15) is 13.2 Å². The van der Waals surface area contributed by atoms with Gasteiger partial charge in [0, 0.05) is 13.7 Å². The highest BCUT2D eigenvalue weighted by atomic mass is 32.2. The number of methoxy groups -OCH3 is 1. The maximum atomic E-state index is 12.4. The summed E-state index contributed by atoms with van der Waals surface area (Å²) in [6.45, 7) is 1.61. The third kappa shape index (κ3) is 5.11. The van der Waals surface area contributed by atoms with E-state index in [2.05, 4.69) is 0 Å². The minimum Gasteiger partial charge on any atom is -0.480 e. The average molecular weight is 315 g/mol. The predicted octanol–water partition coefficient (Wildman–Crippen LogP) is 1.36. The van der Waals surface area contributed by atoms with Crippen molar-refractivity contribution in [2.45, 2.75) is 24.7 Å². The molecule has 0 fully saturated rings. The lowest BCUT2D eigenvalue weighted by Gasteiger charge is -2.20. The highest BCUT2D eigenvalue weighted by Crippen LogP contribution is 2.17. The minimum atomic E-state index is -3.83. The second-order valence-electron chi connectivity index (χ2n) is 4.62. The van der Waals surface area contributed by atoms with Gasteiger partial charge in [-0.2, -0.15) is 4.31 Å². The molecule has 0 radical (unpaired) electrons. The summed E-state index contributed by atoms with van der Waals surface area (Å²) in [5.41, 5.74) is 1.05. The zero-order valence-corrected chi connectivity index (χ0v) is 13.1. The summed E-state index contributed by atoms with van der Waals surface area (Å²) in [7, 11) is -2.39. The van der Waals surface area contributed by atoms with Gasteiger partial charge in [-0.15, -0.1) is 0 Å². The molecule has 118 valence electrons. The van der Waals surface area contributed by atoms with Gasteiger partial charge in [0.05, 0.1) is 11.5 Å². The largest absolute Gasteiger partial charge is 0.480 e. The smallest absolute Gasteiger partial charge is 0.318 e. The number of ether oxygens (including phenoxy) is 1. The molecular formula is C14H21NO5S. The summed E-state index contributed by atoms with van der Waals surface area (Å²) in [5, 5.41) is 8.86. The molecule has 0 aromatic heterocycles. The number of carbonyl (C=O) groups is 1. The van der Waals surface area contributed by atoms with Crippen LogP contribution in [0.1, 0.15) is 18.9 Å². The van der Waals surface area contributed by atoms with Gasteiger partial charge in [-0.25, -0.2) is 8.42 Å². The fourth-order valence-corrected chi connectivity index (χ4v) is 3.27. The van der Waals surface area contributed by atoms with Gasteiger partial charge < -0.3 is 9.84 Å². The lowest BCUT2D eigenvalue weighted by atomic mass is 10.1. The molecule has 0 unspecified atom stereocenters. The molecule has 1 rings (SSSR count). The van der Waals surface area contributed by atoms with E-state index in [1.165, 1.54) is 19.2 Å². The Morgan fingerprint density at radius 3 is 2.38 bits per heavy atom. The number of aliphatic carboxylic acids is 1. The Morgan fingerprint density at radius 1 is 1.29 bits per heavy atom. The van der Waals surface area contributed by atoms with Crippen molar-refractivity contribution in [1.29, 1.82) is 0 Å². The third-order valence-corrected chi connectivity index (χ3v) is 4.82. The third-order valence-electron chi connectivity index (χ3n) is 2.96. The molecular weight excluding hydrogens is 294 g/mol. The topological polar surface area (TPSA) is 83.9 Å². The second kappa shape index (κ2) is 8.11. The first-order valence-electron chi connectivity index (χ1n) is 6.71. The molecule has 1 aromatic rings. The number of carboxylic acids is 1. The zero-order valence-electron chi connectivity index (χ0n) is 12.3. The molecule has 0 bridgehead atoms. The summed E-state index contributed by atoms with van der Waals surface area (Å²) in [4.78, 5) is 10.9. The van der Waals surface area contributed by atoms with Crippen LogP contribution in [-0.2, 0) is 26.0 Å². The SMILES string of the molecule is CCCc1ccc(S(=O)(=O)N(CCOC)CC(=O)O)cc1. The summed E-state index contributed by atoms with van der Waals surface area (Å²) >= 11 is 0. The van der Waals surface area contributed by atoms with Crippen LogP contribution in [0.2, 0.25) is 0 Å². The zero-order chi connectivity index (χ0) is 15.9. The van der Waals surface area contributed by atoms with Crippen molar-refractivity contribution in [2.24, 2.45) is 0 Å². The van der Waals surface area contributed by atoms with Gasteiger partial charge in [0.25, 0.3) is 0 Å². The molecule has 0 amide bonds. The van der Waals surface area contributed by atoms with E-state index in [-0.39, 0.29) is 18.0 Å². The molecule has 21 heavy (non-hydrogen) atoms. The predicted molar refractivity (Wildman–Crippen MR) is 78.7 cm³/mol. The van der Waals surface area contributed by atoms with Crippen molar-refractivity contribution in [2.75, 3.05) is 26.8 Å². The van der Waals surface area contributed by atoms with Crippen LogP contribution in [-0.4, -0.2) is 50.6 Å². The Bertz CT molecular complexity index is 553. The van der Waals surface area contributed by atoms with E-state index in [1.54, 1.807) is 12.1 Å². The van der Waals surface area contributed by atoms with Crippen LogP contribution in [0, 0.1) is 0 Å². The van der Waals surface area contributed by atoms with Crippen molar-refractivity contribution in [3.8, 4) is 0 Å². The molecule has 0 saturated heterocycles. The van der Waals surface area contributed by atoms with Gasteiger partial charge in [-0.1, -0.05) is 25.5 Å². The second-order valence-corrected chi connectivity index (χ2v) is 6.56. The molecule has 0 aliphatic carbocycles. The van der Waals surface area contributed by atoms with Crippen molar-refractivity contribution in [3.63, 3.8) is 0 Å². The quantitative estimate of drug-likeness (QED) is 0.744. The molecule has 0 aliphatic rings. The number of hydrogen-bond acceptors (Lipinski definition) is 4. The van der Waals surface area contributed by atoms with E-state index in [0.29, 0.717) is 0 Å². The number of rotatable bonds is 9. The molecule has 1 N–H and O–H groups in total. The van der Waals surface area contributed by atoms with Gasteiger partial charge in [0.1, 0.15) is 6.54 Å². The highest BCUT2D eigenvalue weighted by Gasteiger charge is 2.26. The van der Waals surface area contributed by atoms with Gasteiger partial charge in [-0.3, -0.25) is 4.79 Å². The maximum absolute atomic E-state index is 12.4. The first-order valence-corrected chi connectivity index (χ1v) is 8.15. The number of aryl methyl sites for hydroxylation is 1. The maximum Gasteiger partial charge on any atom is 0.318 e. The van der Waals surface area contributed by atoms with Crippen molar-refractivity contribution < 1.29 is 23.1 Å². The van der Waals surface area contributed by atoms with Crippen LogP contribution in [0.3, 0.4) is 0 Å². The normalized spacial score (nSPS) is 11.8. The number of nitrogens with zero attached hydrogens (tertiary/aromatic N) is 1. The van der Waals surface area contributed by atoms with Crippen molar-refractivity contribution in [3.05, 3.63) is 29.8 Å². The fraction of sp³-hybridized carbons (Fsp3) is 0.500. The molecule has 1 aromatic carbocycles. The summed E-state index contributed by atoms with van der Waals surface area (Å²) in [5.74, 6) is -1.20. The van der Waals surface area contributed by atoms with E-state index in [1.807, 2.05) is 6.92 Å². The number of hydrogen-bond donors (Lipinski definition) is 1. The summed E-state index contributed by atoms with van der Waals surface area (Å²) in [6, 6.07) is 6.54. The van der Waals surface area contributed by atoms with Gasteiger partial charge in [0.15, 0.2) is 0 Å². The Labute approximate surface area is 125 Å². The number of sulfonamides is 1. The van der Waals surface area contributed by atoms with E-state index < -0.39 is 22.5 Å². The molecule has 0 atom stereocenters. The van der Waals surface area contributed by atoms with Crippen LogP contribution in [0.25, 0.3) is 0 Å². The average Bonchev–Trinajstić information content (AvgIpc) is 2.44. The van der Waals surface area contributed by atoms with Crippen LogP contribution in [0.15, 0.2) is 29.2 Å². The van der Waals surface area contributed by atoms with Crippen LogP contribution in [0.4, 0.5) is 0 Å². The lowest BCUT2D eigenvalue weighted by molar-refractivity contribution is -0.137. The number of carboxylic acid groups (broad SMARTS) is 1. The Morgan fingerprint density at radius 2 is 1.90 bits per heavy atom. The van der Waals surface area contributed by atoms with Crippen LogP contribution < -0.4 is 0 Å². The van der Waals surface area contributed by atoms with E-state index >= 15 is 0 Å². The Kier molecular flexibility index (Phi) is 6.80. The molecule has 0 aliphatic heterocycles. The molecule has 0 spiro atoms. The fourth-order valence-electron chi connectivity index (χ4n) is 1.89. The van der Waals surface area contributed by atoms with Gasteiger partial charge >= 0.3 is 5.97 Å². The molecule has 0 heterocycles. The summed E-state index contributed by atoms with van der Waals surface area (Å²) < 4.78 is 30.6. The Balaban J connectivity index is 3.00. The van der Waals surface area contributed by atoms with Gasteiger partial charge in [0.2, 0.25) is 10.0 Å². The standard InChI is InChI=1S/C14H21NO5S/c1-3-4-12-5-7-13(8-6-12)21(18,19)15(9-10-20-2)11-14(16)17/h5-8H,3-4,9-11H2,1-2H3,(H,16,17). The molecule has 6 nitrogen and oxygen atoms in total. The van der Waals surface area contributed by atoms with Gasteiger partial charge in [-0.05, 0) is 24.1 Å². The van der Waals surface area contributed by atoms with E-state index in [4.69, 9.17) is 9.84 Å². The lowest BCUT2D eigenvalue weighted by Crippen LogP contribution is -2.37. The molecule has 0 saturated carbocycles. The van der Waals surface area contributed by atoms with E-state index in [0.717, 1.165) is 22.7 Å². The van der Waals surface area contributed by atoms with Crippen molar-refractivity contribution in [1.82, 2.24) is 4.31 Å². The van der Waals surface area contributed by atoms with Crippen molar-refractivity contribution >= 4 is 16.0 Å². The first kappa shape index (κ1) is 17.6. The first-order chi connectivity index (χ1) is 9.91. The van der Waals surface area contributed by atoms with Crippen LogP contribution >= 0.6 is 0 Å². The molecule has 7 heteroatoms. The summed E-state index contributed by atoms with van der Waals surface area (Å²) in [6.07, 6.45) is 1.86. The Hall–Kier alpha value is -1.44.